The van der Waals surface area contributed by atoms with Crippen LogP contribution in [0.2, 0.25) is 0 Å². The number of carbonyl (C=O) groups excluding carboxylic acids is 1. The second-order valence-corrected chi connectivity index (χ2v) is 5.03. The van der Waals surface area contributed by atoms with Crippen molar-refractivity contribution in [3.63, 3.8) is 0 Å². The van der Waals surface area contributed by atoms with Crippen LogP contribution in [0.4, 0.5) is 0 Å². The number of esters is 1. The van der Waals surface area contributed by atoms with Crippen molar-refractivity contribution in [2.75, 3.05) is 13.7 Å². The zero-order chi connectivity index (χ0) is 12.9. The van der Waals surface area contributed by atoms with Crippen LogP contribution in [0.3, 0.4) is 0 Å². The van der Waals surface area contributed by atoms with Gasteiger partial charge in [-0.3, -0.25) is 0 Å². The van der Waals surface area contributed by atoms with Gasteiger partial charge < -0.3 is 9.47 Å². The van der Waals surface area contributed by atoms with Gasteiger partial charge in [0.05, 0.1) is 19.3 Å². The van der Waals surface area contributed by atoms with Crippen LogP contribution < -0.4 is 4.74 Å². The SMILES string of the molecule is COC(=O)c1ccnc(OCCC(C)(C)C)c1. The maximum Gasteiger partial charge on any atom is 0.338 e. The predicted molar refractivity (Wildman–Crippen MR) is 65.1 cm³/mol. The lowest BCUT2D eigenvalue weighted by atomic mass is 9.93. The van der Waals surface area contributed by atoms with E-state index in [-0.39, 0.29) is 11.4 Å². The van der Waals surface area contributed by atoms with Gasteiger partial charge in [0, 0.05) is 12.3 Å². The number of rotatable bonds is 4. The summed E-state index contributed by atoms with van der Waals surface area (Å²) in [5, 5.41) is 0. The largest absolute Gasteiger partial charge is 0.478 e. The van der Waals surface area contributed by atoms with Gasteiger partial charge in [-0.1, -0.05) is 20.8 Å². The highest BCUT2D eigenvalue weighted by Crippen LogP contribution is 2.19. The Labute approximate surface area is 102 Å². The number of pyridine rings is 1. The van der Waals surface area contributed by atoms with Crippen LogP contribution in [0, 0.1) is 5.41 Å². The van der Waals surface area contributed by atoms with Crippen molar-refractivity contribution in [2.24, 2.45) is 5.41 Å². The third-order valence-corrected chi connectivity index (χ3v) is 2.26. The highest BCUT2D eigenvalue weighted by atomic mass is 16.5. The zero-order valence-electron chi connectivity index (χ0n) is 10.8. The number of hydrogen-bond donors (Lipinski definition) is 0. The van der Waals surface area contributed by atoms with Gasteiger partial charge in [-0.25, -0.2) is 9.78 Å². The van der Waals surface area contributed by atoms with E-state index in [9.17, 15) is 4.79 Å². The Bertz CT molecular complexity index is 382. The van der Waals surface area contributed by atoms with Gasteiger partial charge >= 0.3 is 5.97 Å². The summed E-state index contributed by atoms with van der Waals surface area (Å²) >= 11 is 0. The molecule has 0 atom stereocenters. The number of nitrogens with zero attached hydrogens (tertiary/aromatic N) is 1. The van der Waals surface area contributed by atoms with Crippen molar-refractivity contribution in [3.8, 4) is 5.88 Å². The van der Waals surface area contributed by atoms with E-state index in [1.54, 1.807) is 18.3 Å². The Morgan fingerprint density at radius 3 is 2.71 bits per heavy atom. The third-order valence-electron chi connectivity index (χ3n) is 2.26. The average Bonchev–Trinajstić information content (AvgIpc) is 2.27. The molecule has 94 valence electrons. The number of aromatic nitrogens is 1. The summed E-state index contributed by atoms with van der Waals surface area (Å²) in [6.45, 7) is 7.03. The molecule has 0 unspecified atom stereocenters. The van der Waals surface area contributed by atoms with Crippen molar-refractivity contribution in [1.82, 2.24) is 4.98 Å². The molecule has 0 radical (unpaired) electrons. The molecule has 1 heterocycles. The van der Waals surface area contributed by atoms with Crippen molar-refractivity contribution in [3.05, 3.63) is 23.9 Å². The van der Waals surface area contributed by atoms with E-state index in [4.69, 9.17) is 4.74 Å². The van der Waals surface area contributed by atoms with E-state index < -0.39 is 0 Å². The highest BCUT2D eigenvalue weighted by Gasteiger charge is 2.11. The molecule has 0 saturated carbocycles. The van der Waals surface area contributed by atoms with Gasteiger partial charge in [-0.15, -0.1) is 0 Å². The molecule has 0 aromatic carbocycles. The first kappa shape index (κ1) is 13.5. The van der Waals surface area contributed by atoms with E-state index in [2.05, 4.69) is 30.5 Å². The molecule has 0 saturated heterocycles. The summed E-state index contributed by atoms with van der Waals surface area (Å²) in [5.74, 6) is 0.0743. The molecule has 0 amide bonds. The Morgan fingerprint density at radius 1 is 1.41 bits per heavy atom. The molecule has 4 heteroatoms. The van der Waals surface area contributed by atoms with Gasteiger partial charge in [0.1, 0.15) is 0 Å². The van der Waals surface area contributed by atoms with E-state index in [0.717, 1.165) is 6.42 Å². The molecule has 0 bridgehead atoms. The molecule has 0 fully saturated rings. The fourth-order valence-electron chi connectivity index (χ4n) is 1.19. The minimum absolute atomic E-state index is 0.222. The zero-order valence-corrected chi connectivity index (χ0v) is 10.8. The van der Waals surface area contributed by atoms with Gasteiger partial charge in [0.2, 0.25) is 5.88 Å². The van der Waals surface area contributed by atoms with E-state index in [1.165, 1.54) is 7.11 Å². The fourth-order valence-corrected chi connectivity index (χ4v) is 1.19. The summed E-state index contributed by atoms with van der Waals surface area (Å²) in [5.41, 5.74) is 0.674. The number of ether oxygens (including phenoxy) is 2. The normalized spacial score (nSPS) is 11.1. The Kier molecular flexibility index (Phi) is 4.49. The van der Waals surface area contributed by atoms with Crippen LogP contribution in [0.25, 0.3) is 0 Å². The first-order valence-electron chi connectivity index (χ1n) is 5.59. The molecular formula is C13H19NO3. The molecule has 1 aromatic rings. The number of hydrogen-bond acceptors (Lipinski definition) is 4. The molecule has 0 aliphatic heterocycles. The van der Waals surface area contributed by atoms with Crippen molar-refractivity contribution < 1.29 is 14.3 Å². The molecule has 17 heavy (non-hydrogen) atoms. The molecule has 0 N–H and O–H groups in total. The van der Waals surface area contributed by atoms with Gasteiger partial charge in [0.25, 0.3) is 0 Å². The average molecular weight is 237 g/mol. The minimum atomic E-state index is -0.381. The summed E-state index contributed by atoms with van der Waals surface area (Å²) in [6.07, 6.45) is 2.47. The molecule has 1 aromatic heterocycles. The van der Waals surface area contributed by atoms with Crippen molar-refractivity contribution >= 4 is 5.97 Å². The maximum atomic E-state index is 11.3. The van der Waals surface area contributed by atoms with Crippen LogP contribution in [-0.4, -0.2) is 24.7 Å². The lowest BCUT2D eigenvalue weighted by Crippen LogP contribution is -2.12. The van der Waals surface area contributed by atoms with E-state index in [0.29, 0.717) is 18.1 Å². The second kappa shape index (κ2) is 5.66. The maximum absolute atomic E-state index is 11.3. The lowest BCUT2D eigenvalue weighted by Gasteiger charge is -2.17. The van der Waals surface area contributed by atoms with E-state index >= 15 is 0 Å². The molecule has 4 nitrogen and oxygen atoms in total. The molecule has 0 aliphatic carbocycles. The first-order valence-corrected chi connectivity index (χ1v) is 5.59. The molecule has 1 rings (SSSR count). The van der Waals surface area contributed by atoms with Gasteiger partial charge in [-0.05, 0) is 17.9 Å². The quantitative estimate of drug-likeness (QED) is 0.755. The van der Waals surface area contributed by atoms with Crippen LogP contribution >= 0.6 is 0 Å². The summed E-state index contributed by atoms with van der Waals surface area (Å²) in [4.78, 5) is 15.3. The highest BCUT2D eigenvalue weighted by molar-refractivity contribution is 5.89. The van der Waals surface area contributed by atoms with Crippen molar-refractivity contribution in [1.29, 1.82) is 0 Å². The standard InChI is InChI=1S/C13H19NO3/c1-13(2,3)6-8-17-11-9-10(5-7-14-11)12(15)16-4/h5,7,9H,6,8H2,1-4H3. The molecular weight excluding hydrogens is 218 g/mol. The van der Waals surface area contributed by atoms with Crippen LogP contribution in [0.5, 0.6) is 5.88 Å². The summed E-state index contributed by atoms with van der Waals surface area (Å²) in [7, 11) is 1.35. The fraction of sp³-hybridized carbons (Fsp3) is 0.538. The summed E-state index contributed by atoms with van der Waals surface area (Å²) in [6, 6.07) is 3.19. The van der Waals surface area contributed by atoms with Crippen LogP contribution in [-0.2, 0) is 4.74 Å². The van der Waals surface area contributed by atoms with Crippen molar-refractivity contribution in [2.45, 2.75) is 27.2 Å². The molecule has 0 aliphatic rings. The topological polar surface area (TPSA) is 48.4 Å². The Balaban J connectivity index is 2.57. The Morgan fingerprint density at radius 2 is 2.12 bits per heavy atom. The smallest absolute Gasteiger partial charge is 0.338 e. The van der Waals surface area contributed by atoms with Gasteiger partial charge in [-0.2, -0.15) is 0 Å². The number of carbonyl (C=O) groups is 1. The predicted octanol–water partition coefficient (Wildman–Crippen LogP) is 2.68. The third kappa shape index (κ3) is 4.85. The Hall–Kier alpha value is -1.58. The monoisotopic (exact) mass is 237 g/mol. The molecule has 0 spiro atoms. The van der Waals surface area contributed by atoms with E-state index in [1.807, 2.05) is 0 Å². The minimum Gasteiger partial charge on any atom is -0.478 e. The summed E-state index contributed by atoms with van der Waals surface area (Å²) < 4.78 is 10.1. The van der Waals surface area contributed by atoms with Crippen LogP contribution in [0.15, 0.2) is 18.3 Å². The second-order valence-electron chi connectivity index (χ2n) is 5.03. The number of methoxy groups -OCH3 is 1. The first-order chi connectivity index (χ1) is 7.92. The van der Waals surface area contributed by atoms with Gasteiger partial charge in [0.15, 0.2) is 0 Å². The lowest BCUT2D eigenvalue weighted by molar-refractivity contribution is 0.0600. The van der Waals surface area contributed by atoms with Crippen LogP contribution in [0.1, 0.15) is 37.6 Å².